The number of nitrogens with zero attached hydrogens (tertiary/aromatic N) is 3. The fourth-order valence-corrected chi connectivity index (χ4v) is 5.06. The Kier molecular flexibility index (Phi) is 5.65. The number of rotatable bonds is 5. The monoisotopic (exact) mass is 477 g/mol. The predicted octanol–water partition coefficient (Wildman–Crippen LogP) is 5.61. The van der Waals surface area contributed by atoms with Crippen molar-refractivity contribution in [1.82, 2.24) is 9.55 Å². The molecule has 2 heterocycles. The highest BCUT2D eigenvalue weighted by molar-refractivity contribution is 7.92. The molecule has 1 aromatic carbocycles. The van der Waals surface area contributed by atoms with E-state index >= 15 is 0 Å². The lowest BCUT2D eigenvalue weighted by molar-refractivity contribution is -0.0521. The van der Waals surface area contributed by atoms with Crippen LogP contribution in [0.3, 0.4) is 0 Å². The van der Waals surface area contributed by atoms with Gasteiger partial charge in [-0.2, -0.15) is 14.0 Å². The molecule has 0 unspecified atom stereocenters. The quantitative estimate of drug-likeness (QED) is 0.477. The van der Waals surface area contributed by atoms with Gasteiger partial charge in [0.1, 0.15) is 6.07 Å². The van der Waals surface area contributed by atoms with Gasteiger partial charge in [0.25, 0.3) is 0 Å². The SMILES string of the molecule is CC(C)(C)S(=O)(=O)c1ccc(-c2c(C#N)c3cc(F)c(OC(F)F)cc3n2C2CCC2)nc1. The minimum atomic E-state index is -3.63. The fraction of sp³-hybridized carbons (Fsp3) is 0.391. The van der Waals surface area contributed by atoms with Gasteiger partial charge in [0.15, 0.2) is 21.4 Å². The van der Waals surface area contributed by atoms with Gasteiger partial charge in [-0.3, -0.25) is 4.98 Å². The van der Waals surface area contributed by atoms with Crippen molar-refractivity contribution in [2.24, 2.45) is 0 Å². The van der Waals surface area contributed by atoms with Gasteiger partial charge in [0.05, 0.1) is 32.1 Å². The lowest BCUT2D eigenvalue weighted by Gasteiger charge is -2.30. The molecule has 0 spiro atoms. The van der Waals surface area contributed by atoms with E-state index in [2.05, 4.69) is 15.8 Å². The molecule has 1 fully saturated rings. The van der Waals surface area contributed by atoms with Crippen LogP contribution < -0.4 is 4.74 Å². The first-order valence-corrected chi connectivity index (χ1v) is 11.9. The van der Waals surface area contributed by atoms with Gasteiger partial charge >= 0.3 is 6.61 Å². The highest BCUT2D eigenvalue weighted by Gasteiger charge is 2.32. The molecule has 2 aromatic heterocycles. The van der Waals surface area contributed by atoms with E-state index in [1.54, 1.807) is 25.3 Å². The summed E-state index contributed by atoms with van der Waals surface area (Å²) in [5.74, 6) is -1.61. The largest absolute Gasteiger partial charge is 0.432 e. The molecule has 0 radical (unpaired) electrons. The summed E-state index contributed by atoms with van der Waals surface area (Å²) in [5, 5.41) is 10.2. The van der Waals surface area contributed by atoms with Crippen molar-refractivity contribution in [2.45, 2.75) is 62.3 Å². The van der Waals surface area contributed by atoms with Crippen molar-refractivity contribution in [3.63, 3.8) is 0 Å². The van der Waals surface area contributed by atoms with E-state index in [1.165, 1.54) is 24.4 Å². The average Bonchev–Trinajstić information content (AvgIpc) is 2.99. The number of fused-ring (bicyclic) bond motifs is 1. The zero-order valence-corrected chi connectivity index (χ0v) is 19.1. The van der Waals surface area contributed by atoms with E-state index in [4.69, 9.17) is 0 Å². The predicted molar refractivity (Wildman–Crippen MR) is 116 cm³/mol. The topological polar surface area (TPSA) is 85.0 Å². The third-order valence-corrected chi connectivity index (χ3v) is 8.39. The van der Waals surface area contributed by atoms with Crippen molar-refractivity contribution in [1.29, 1.82) is 5.26 Å². The maximum Gasteiger partial charge on any atom is 0.387 e. The Morgan fingerprint density at radius 1 is 1.24 bits per heavy atom. The molecule has 0 atom stereocenters. The molecular formula is C23H22F3N3O3S. The summed E-state index contributed by atoms with van der Waals surface area (Å²) < 4.78 is 70.6. The lowest BCUT2D eigenvalue weighted by Crippen LogP contribution is -2.28. The summed E-state index contributed by atoms with van der Waals surface area (Å²) in [7, 11) is -3.63. The van der Waals surface area contributed by atoms with Crippen LogP contribution in [0, 0.1) is 17.1 Å². The Hall–Kier alpha value is -3.06. The van der Waals surface area contributed by atoms with Crippen molar-refractivity contribution in [3.8, 4) is 23.2 Å². The van der Waals surface area contributed by atoms with E-state index in [9.17, 15) is 26.9 Å². The van der Waals surface area contributed by atoms with E-state index < -0.39 is 32.8 Å². The molecule has 6 nitrogen and oxygen atoms in total. The highest BCUT2D eigenvalue weighted by atomic mass is 32.2. The zero-order chi connectivity index (χ0) is 24.1. The van der Waals surface area contributed by atoms with Crippen LogP contribution in [0.4, 0.5) is 13.2 Å². The van der Waals surface area contributed by atoms with Crippen molar-refractivity contribution >= 4 is 20.7 Å². The first-order valence-electron chi connectivity index (χ1n) is 10.4. The van der Waals surface area contributed by atoms with Crippen LogP contribution in [-0.2, 0) is 9.84 Å². The molecule has 0 aliphatic heterocycles. The van der Waals surface area contributed by atoms with Crippen LogP contribution in [0.15, 0.2) is 35.4 Å². The average molecular weight is 478 g/mol. The van der Waals surface area contributed by atoms with Gasteiger partial charge in [-0.05, 0) is 58.2 Å². The molecule has 174 valence electrons. The number of halogens is 3. The van der Waals surface area contributed by atoms with Crippen LogP contribution in [-0.4, -0.2) is 29.3 Å². The Balaban J connectivity index is 1.95. The highest BCUT2D eigenvalue weighted by Crippen LogP contribution is 2.43. The van der Waals surface area contributed by atoms with Gasteiger partial charge in [-0.15, -0.1) is 0 Å². The standard InChI is InChI=1S/C23H22F3N3O3S/c1-23(2,3)33(30,31)14-7-8-18(28-12-14)21-16(11-27)15-9-17(24)20(32-22(25)26)10-19(15)29(21)13-5-4-6-13/h7-10,12-13,22H,4-6H2,1-3H3. The molecule has 0 bridgehead atoms. The molecule has 1 aliphatic carbocycles. The molecule has 0 saturated heterocycles. The Morgan fingerprint density at radius 2 is 1.94 bits per heavy atom. The van der Waals surface area contributed by atoms with Gasteiger partial charge in [-0.25, -0.2) is 12.8 Å². The maximum absolute atomic E-state index is 14.5. The molecule has 1 aliphatic rings. The second kappa shape index (κ2) is 8.06. The van der Waals surface area contributed by atoms with Crippen LogP contribution in [0.25, 0.3) is 22.3 Å². The number of hydrogen-bond acceptors (Lipinski definition) is 5. The Morgan fingerprint density at radius 3 is 2.42 bits per heavy atom. The number of benzene rings is 1. The first-order chi connectivity index (χ1) is 15.5. The van der Waals surface area contributed by atoms with E-state index in [-0.39, 0.29) is 21.9 Å². The number of pyridine rings is 1. The molecular weight excluding hydrogens is 455 g/mol. The third kappa shape index (κ3) is 3.84. The smallest absolute Gasteiger partial charge is 0.387 e. The molecule has 4 rings (SSSR count). The fourth-order valence-electron chi connectivity index (χ4n) is 3.92. The van der Waals surface area contributed by atoms with Crippen molar-refractivity contribution in [3.05, 3.63) is 41.8 Å². The van der Waals surface area contributed by atoms with Crippen molar-refractivity contribution < 1.29 is 26.3 Å². The van der Waals surface area contributed by atoms with Gasteiger partial charge in [0.2, 0.25) is 0 Å². The third-order valence-electron chi connectivity index (χ3n) is 5.92. The Bertz CT molecular complexity index is 1360. The van der Waals surface area contributed by atoms with E-state index in [0.29, 0.717) is 16.9 Å². The van der Waals surface area contributed by atoms with Gasteiger partial charge in [-0.1, -0.05) is 0 Å². The summed E-state index contributed by atoms with van der Waals surface area (Å²) in [6.07, 6.45) is 3.77. The minimum absolute atomic E-state index is 0.0331. The molecule has 0 N–H and O–H groups in total. The van der Waals surface area contributed by atoms with Gasteiger partial charge in [0, 0.05) is 23.7 Å². The molecule has 3 aromatic rings. The zero-order valence-electron chi connectivity index (χ0n) is 18.3. The van der Waals surface area contributed by atoms with Crippen LogP contribution in [0.1, 0.15) is 51.6 Å². The lowest BCUT2D eigenvalue weighted by atomic mass is 9.92. The second-order valence-electron chi connectivity index (χ2n) is 8.96. The molecule has 33 heavy (non-hydrogen) atoms. The number of sulfone groups is 1. The number of aromatic nitrogens is 2. The summed E-state index contributed by atoms with van der Waals surface area (Å²) in [6.45, 7) is 1.57. The van der Waals surface area contributed by atoms with E-state index in [1.807, 2.05) is 0 Å². The van der Waals surface area contributed by atoms with Crippen LogP contribution in [0.2, 0.25) is 0 Å². The summed E-state index contributed by atoms with van der Waals surface area (Å²) >= 11 is 0. The number of alkyl halides is 2. The molecule has 1 saturated carbocycles. The van der Waals surface area contributed by atoms with Crippen LogP contribution >= 0.6 is 0 Å². The Labute approximate surface area is 189 Å². The maximum atomic E-state index is 14.5. The van der Waals surface area contributed by atoms with E-state index in [0.717, 1.165) is 25.3 Å². The summed E-state index contributed by atoms with van der Waals surface area (Å²) in [6, 6.07) is 7.18. The number of nitriles is 1. The number of hydrogen-bond donors (Lipinski definition) is 0. The molecule has 10 heteroatoms. The minimum Gasteiger partial charge on any atom is -0.432 e. The van der Waals surface area contributed by atoms with Crippen molar-refractivity contribution in [2.75, 3.05) is 0 Å². The number of ether oxygens (including phenoxy) is 1. The first kappa shape index (κ1) is 23.1. The van der Waals surface area contributed by atoms with Crippen LogP contribution in [0.5, 0.6) is 5.75 Å². The normalized spacial score (nSPS) is 15.0. The summed E-state index contributed by atoms with van der Waals surface area (Å²) in [5.41, 5.74) is 1.25. The molecule has 0 amide bonds. The summed E-state index contributed by atoms with van der Waals surface area (Å²) in [4.78, 5) is 4.37. The van der Waals surface area contributed by atoms with Gasteiger partial charge < -0.3 is 9.30 Å². The second-order valence-corrected chi connectivity index (χ2v) is 11.7.